The van der Waals surface area contributed by atoms with Crippen molar-refractivity contribution in [1.82, 2.24) is 0 Å². The van der Waals surface area contributed by atoms with Crippen molar-refractivity contribution in [2.24, 2.45) is 5.92 Å². The molecule has 22 heavy (non-hydrogen) atoms. The monoisotopic (exact) mass is 292 g/mol. The van der Waals surface area contributed by atoms with Crippen LogP contribution in [0, 0.1) is 5.92 Å². The first kappa shape index (κ1) is 14.6. The van der Waals surface area contributed by atoms with Gasteiger partial charge in [0.05, 0.1) is 7.11 Å². The third kappa shape index (κ3) is 2.82. The average molecular weight is 292 g/mol. The minimum Gasteiger partial charge on any atom is -0.497 e. The summed E-state index contributed by atoms with van der Waals surface area (Å²) in [6, 6.07) is 12.4. The second-order valence-electron chi connectivity index (χ2n) is 5.76. The van der Waals surface area contributed by atoms with Crippen molar-refractivity contribution in [2.75, 3.05) is 7.11 Å². The van der Waals surface area contributed by atoms with Gasteiger partial charge in [0.25, 0.3) is 0 Å². The molecule has 1 atom stereocenters. The standard InChI is InChI=1S/C20H20O2/c1-3-4-14-5-6-18(13-20(14)21)15-7-8-17-12-19(22-2)10-9-16(17)11-15/h3,7-14H,1,4-6H2,2H3. The largest absolute Gasteiger partial charge is 0.497 e. The molecule has 1 aliphatic rings. The molecule has 2 aromatic rings. The number of fused-ring (bicyclic) bond motifs is 1. The summed E-state index contributed by atoms with van der Waals surface area (Å²) >= 11 is 0. The van der Waals surface area contributed by atoms with Crippen molar-refractivity contribution in [3.63, 3.8) is 0 Å². The molecule has 0 fully saturated rings. The van der Waals surface area contributed by atoms with Crippen LogP contribution in [-0.4, -0.2) is 12.9 Å². The summed E-state index contributed by atoms with van der Waals surface area (Å²) in [5.41, 5.74) is 2.28. The van der Waals surface area contributed by atoms with Crippen LogP contribution in [0.25, 0.3) is 16.3 Å². The van der Waals surface area contributed by atoms with E-state index in [1.807, 2.05) is 24.3 Å². The van der Waals surface area contributed by atoms with E-state index in [4.69, 9.17) is 4.74 Å². The van der Waals surface area contributed by atoms with E-state index in [0.29, 0.717) is 0 Å². The van der Waals surface area contributed by atoms with Gasteiger partial charge in [0, 0.05) is 5.92 Å². The molecule has 112 valence electrons. The maximum absolute atomic E-state index is 12.2. The molecule has 0 bridgehead atoms. The number of rotatable bonds is 4. The van der Waals surface area contributed by atoms with Gasteiger partial charge < -0.3 is 4.74 Å². The number of ketones is 1. The number of benzene rings is 2. The molecule has 0 amide bonds. The topological polar surface area (TPSA) is 26.3 Å². The molecule has 2 nitrogen and oxygen atoms in total. The van der Waals surface area contributed by atoms with Crippen molar-refractivity contribution in [3.8, 4) is 5.75 Å². The van der Waals surface area contributed by atoms with Crippen LogP contribution in [0.2, 0.25) is 0 Å². The summed E-state index contributed by atoms with van der Waals surface area (Å²) < 4.78 is 5.25. The van der Waals surface area contributed by atoms with Gasteiger partial charge in [0.2, 0.25) is 0 Å². The molecule has 2 heteroatoms. The highest BCUT2D eigenvalue weighted by molar-refractivity contribution is 6.01. The van der Waals surface area contributed by atoms with E-state index in [-0.39, 0.29) is 11.7 Å². The average Bonchev–Trinajstić information content (AvgIpc) is 2.56. The van der Waals surface area contributed by atoms with Crippen LogP contribution in [0.4, 0.5) is 0 Å². The molecule has 3 rings (SSSR count). The number of ether oxygens (including phenoxy) is 1. The molecule has 0 saturated carbocycles. The van der Waals surface area contributed by atoms with Crippen molar-refractivity contribution in [2.45, 2.75) is 19.3 Å². The zero-order chi connectivity index (χ0) is 15.5. The van der Waals surface area contributed by atoms with Gasteiger partial charge in [-0.25, -0.2) is 0 Å². The maximum Gasteiger partial charge on any atom is 0.159 e. The van der Waals surface area contributed by atoms with E-state index in [0.717, 1.165) is 41.5 Å². The summed E-state index contributed by atoms with van der Waals surface area (Å²) in [6.45, 7) is 3.73. The third-order valence-electron chi connectivity index (χ3n) is 4.35. The number of hydrogen-bond donors (Lipinski definition) is 0. The SMILES string of the molecule is C=CCC1CCC(c2ccc3cc(OC)ccc3c2)=CC1=O. The predicted octanol–water partition coefficient (Wildman–Crippen LogP) is 4.79. The Hall–Kier alpha value is -2.35. The van der Waals surface area contributed by atoms with Gasteiger partial charge in [-0.3, -0.25) is 4.79 Å². The lowest BCUT2D eigenvalue weighted by Gasteiger charge is -2.20. The quantitative estimate of drug-likeness (QED) is 0.757. The summed E-state index contributed by atoms with van der Waals surface area (Å²) in [5, 5.41) is 2.32. The molecule has 0 aromatic heterocycles. The van der Waals surface area contributed by atoms with Gasteiger partial charge >= 0.3 is 0 Å². The van der Waals surface area contributed by atoms with E-state index in [9.17, 15) is 4.79 Å². The van der Waals surface area contributed by atoms with Crippen molar-refractivity contribution < 1.29 is 9.53 Å². The molecular formula is C20H20O2. The second-order valence-corrected chi connectivity index (χ2v) is 5.76. The zero-order valence-electron chi connectivity index (χ0n) is 12.8. The molecule has 0 aliphatic heterocycles. The molecule has 1 aliphatic carbocycles. The lowest BCUT2D eigenvalue weighted by Crippen LogP contribution is -2.16. The van der Waals surface area contributed by atoms with Crippen LogP contribution < -0.4 is 4.74 Å². The van der Waals surface area contributed by atoms with Crippen molar-refractivity contribution in [1.29, 1.82) is 0 Å². The second kappa shape index (κ2) is 6.18. The molecule has 0 saturated heterocycles. The molecule has 0 N–H and O–H groups in total. The lowest BCUT2D eigenvalue weighted by atomic mass is 9.83. The van der Waals surface area contributed by atoms with Crippen molar-refractivity contribution >= 4 is 22.1 Å². The zero-order valence-corrected chi connectivity index (χ0v) is 12.8. The van der Waals surface area contributed by atoms with Gasteiger partial charge in [-0.05, 0) is 65.4 Å². The highest BCUT2D eigenvalue weighted by Gasteiger charge is 2.21. The van der Waals surface area contributed by atoms with Crippen LogP contribution in [0.15, 0.2) is 55.1 Å². The molecular weight excluding hydrogens is 272 g/mol. The first-order valence-corrected chi connectivity index (χ1v) is 7.65. The number of methoxy groups -OCH3 is 1. The summed E-state index contributed by atoms with van der Waals surface area (Å²) in [6.07, 6.45) is 6.30. The number of hydrogen-bond acceptors (Lipinski definition) is 2. The molecule has 0 radical (unpaired) electrons. The van der Waals surface area contributed by atoms with Crippen molar-refractivity contribution in [3.05, 3.63) is 60.7 Å². The van der Waals surface area contributed by atoms with E-state index in [2.05, 4.69) is 30.8 Å². The minimum absolute atomic E-state index is 0.117. The Morgan fingerprint density at radius 3 is 2.73 bits per heavy atom. The van der Waals surface area contributed by atoms with E-state index in [1.54, 1.807) is 7.11 Å². The molecule has 0 heterocycles. The third-order valence-corrected chi connectivity index (χ3v) is 4.35. The summed E-state index contributed by atoms with van der Waals surface area (Å²) in [4.78, 5) is 12.2. The highest BCUT2D eigenvalue weighted by atomic mass is 16.5. The smallest absolute Gasteiger partial charge is 0.159 e. The van der Waals surface area contributed by atoms with E-state index >= 15 is 0 Å². The Morgan fingerprint density at radius 2 is 2.00 bits per heavy atom. The van der Waals surface area contributed by atoms with Crippen LogP contribution >= 0.6 is 0 Å². The molecule has 2 aromatic carbocycles. The van der Waals surface area contributed by atoms with E-state index in [1.165, 1.54) is 5.39 Å². The van der Waals surface area contributed by atoms with Gasteiger partial charge in [0.1, 0.15) is 5.75 Å². The molecule has 0 spiro atoms. The van der Waals surface area contributed by atoms with Gasteiger partial charge in [-0.2, -0.15) is 0 Å². The Bertz CT molecular complexity index is 755. The van der Waals surface area contributed by atoms with E-state index < -0.39 is 0 Å². The highest BCUT2D eigenvalue weighted by Crippen LogP contribution is 2.32. The Labute approximate surface area is 131 Å². The maximum atomic E-state index is 12.2. The number of allylic oxidation sites excluding steroid dienone is 3. The predicted molar refractivity (Wildman–Crippen MR) is 91.0 cm³/mol. The fraction of sp³-hybridized carbons (Fsp3) is 0.250. The molecule has 1 unspecified atom stereocenters. The number of carbonyl (C=O) groups is 1. The fourth-order valence-corrected chi connectivity index (χ4v) is 3.05. The Kier molecular flexibility index (Phi) is 4.10. The summed E-state index contributed by atoms with van der Waals surface area (Å²) in [7, 11) is 1.67. The number of carbonyl (C=O) groups excluding carboxylic acids is 1. The minimum atomic E-state index is 0.117. The first-order valence-electron chi connectivity index (χ1n) is 7.65. The lowest BCUT2D eigenvalue weighted by molar-refractivity contribution is -0.118. The van der Waals surface area contributed by atoms with Gasteiger partial charge in [0.15, 0.2) is 5.78 Å². The van der Waals surface area contributed by atoms with Crippen LogP contribution in [0.1, 0.15) is 24.8 Å². The normalized spacial score (nSPS) is 18.1. The Morgan fingerprint density at radius 1 is 1.23 bits per heavy atom. The van der Waals surface area contributed by atoms with Crippen LogP contribution in [-0.2, 0) is 4.79 Å². The summed E-state index contributed by atoms with van der Waals surface area (Å²) in [5.74, 6) is 1.21. The van der Waals surface area contributed by atoms with Gasteiger partial charge in [-0.1, -0.05) is 24.3 Å². The Balaban J connectivity index is 1.92. The van der Waals surface area contributed by atoms with Crippen LogP contribution in [0.3, 0.4) is 0 Å². The fourth-order valence-electron chi connectivity index (χ4n) is 3.05. The van der Waals surface area contributed by atoms with Crippen LogP contribution in [0.5, 0.6) is 5.75 Å². The van der Waals surface area contributed by atoms with Gasteiger partial charge in [-0.15, -0.1) is 6.58 Å². The first-order chi connectivity index (χ1) is 10.7.